The number of anilines is 1. The van der Waals surface area contributed by atoms with Crippen molar-refractivity contribution in [1.82, 2.24) is 0 Å². The lowest BCUT2D eigenvalue weighted by atomic mass is 10.1. The molecule has 1 amide bonds. The van der Waals surface area contributed by atoms with Crippen LogP contribution in [0.25, 0.3) is 0 Å². The number of nitrogens with zero attached hydrogens (tertiary/aromatic N) is 1. The van der Waals surface area contributed by atoms with Crippen molar-refractivity contribution >= 4 is 29.0 Å². The molecule has 0 unspecified atom stereocenters. The third kappa shape index (κ3) is 3.21. The molecule has 1 aliphatic rings. The van der Waals surface area contributed by atoms with Gasteiger partial charge in [-0.2, -0.15) is 0 Å². The first kappa shape index (κ1) is 15.0. The van der Waals surface area contributed by atoms with Crippen molar-refractivity contribution < 1.29 is 9.59 Å². The molecule has 1 aromatic rings. The molecular formula is C16H20ClNO2. The average Bonchev–Trinajstić information content (AvgIpc) is 2.67. The van der Waals surface area contributed by atoms with Gasteiger partial charge in [0.05, 0.1) is 11.3 Å². The molecule has 0 saturated carbocycles. The summed E-state index contributed by atoms with van der Waals surface area (Å²) in [5.41, 5.74) is 1.14. The number of halogens is 1. The first-order valence-electron chi connectivity index (χ1n) is 7.31. The highest BCUT2D eigenvalue weighted by atomic mass is 35.5. The number of benzene rings is 1. The third-order valence-corrected chi connectivity index (χ3v) is 3.90. The second-order valence-corrected chi connectivity index (χ2v) is 5.65. The molecule has 0 aromatic heterocycles. The fraction of sp³-hybridized carbons (Fsp3) is 0.500. The van der Waals surface area contributed by atoms with E-state index in [0.717, 1.165) is 12.8 Å². The van der Waals surface area contributed by atoms with Crippen molar-refractivity contribution in [3.05, 3.63) is 28.8 Å². The van der Waals surface area contributed by atoms with Crippen LogP contribution in [0, 0.1) is 0 Å². The number of unbranched alkanes of at least 4 members (excludes halogenated alkanes) is 5. The number of fused-ring (bicyclic) bond motifs is 1. The van der Waals surface area contributed by atoms with E-state index >= 15 is 0 Å². The molecule has 1 heterocycles. The third-order valence-electron chi connectivity index (χ3n) is 3.67. The maximum absolute atomic E-state index is 12.0. The number of amides is 1. The van der Waals surface area contributed by atoms with Gasteiger partial charge in [-0.1, -0.05) is 50.6 Å². The standard InChI is InChI=1S/C16H20ClNO2/c1-2-3-4-5-6-7-10-18-14-9-8-12(17)11-13(14)15(19)16(18)20/h8-9,11H,2-7,10H2,1H3. The molecule has 0 radical (unpaired) electrons. The fourth-order valence-electron chi connectivity index (χ4n) is 2.54. The second kappa shape index (κ2) is 6.89. The van der Waals surface area contributed by atoms with E-state index in [2.05, 4.69) is 6.92 Å². The van der Waals surface area contributed by atoms with Crippen LogP contribution in [-0.4, -0.2) is 18.2 Å². The number of hydrogen-bond donors (Lipinski definition) is 0. The highest BCUT2D eigenvalue weighted by Gasteiger charge is 2.35. The Morgan fingerprint density at radius 2 is 1.75 bits per heavy atom. The molecule has 4 heteroatoms. The number of Topliss-reactive ketones (excluding diaryl/α,β-unsaturated/α-hetero) is 1. The Balaban J connectivity index is 1.93. The Kier molecular flexibility index (Phi) is 5.18. The second-order valence-electron chi connectivity index (χ2n) is 5.22. The van der Waals surface area contributed by atoms with Crippen molar-refractivity contribution in [1.29, 1.82) is 0 Å². The van der Waals surface area contributed by atoms with Crippen LogP contribution in [-0.2, 0) is 4.79 Å². The lowest BCUT2D eigenvalue weighted by molar-refractivity contribution is -0.114. The van der Waals surface area contributed by atoms with Crippen LogP contribution in [0.5, 0.6) is 0 Å². The van der Waals surface area contributed by atoms with Crippen LogP contribution >= 0.6 is 11.6 Å². The summed E-state index contributed by atoms with van der Waals surface area (Å²) in [7, 11) is 0. The molecule has 108 valence electrons. The smallest absolute Gasteiger partial charge is 0.299 e. The van der Waals surface area contributed by atoms with Gasteiger partial charge in [0.25, 0.3) is 11.7 Å². The van der Waals surface area contributed by atoms with Crippen molar-refractivity contribution in [3.8, 4) is 0 Å². The van der Waals surface area contributed by atoms with Gasteiger partial charge in [-0.25, -0.2) is 0 Å². The zero-order chi connectivity index (χ0) is 14.5. The van der Waals surface area contributed by atoms with Crippen molar-refractivity contribution in [2.45, 2.75) is 45.4 Å². The van der Waals surface area contributed by atoms with Crippen molar-refractivity contribution in [2.24, 2.45) is 0 Å². The van der Waals surface area contributed by atoms with Crippen LogP contribution < -0.4 is 4.90 Å². The molecule has 2 rings (SSSR count). The summed E-state index contributed by atoms with van der Waals surface area (Å²) in [5, 5.41) is 0.492. The Morgan fingerprint density at radius 3 is 2.50 bits per heavy atom. The van der Waals surface area contributed by atoms with Crippen LogP contribution in [0.4, 0.5) is 5.69 Å². The number of rotatable bonds is 7. The lowest BCUT2D eigenvalue weighted by Crippen LogP contribution is -2.30. The fourth-order valence-corrected chi connectivity index (χ4v) is 2.72. The van der Waals surface area contributed by atoms with Crippen molar-refractivity contribution in [2.75, 3.05) is 11.4 Å². The predicted molar refractivity (Wildman–Crippen MR) is 81.5 cm³/mol. The van der Waals surface area contributed by atoms with Gasteiger partial charge in [0.1, 0.15) is 0 Å². The SMILES string of the molecule is CCCCCCCCN1C(=O)C(=O)c2cc(Cl)ccc21. The van der Waals surface area contributed by atoms with E-state index < -0.39 is 11.7 Å². The first-order valence-corrected chi connectivity index (χ1v) is 7.68. The number of carbonyl (C=O) groups is 2. The zero-order valence-corrected chi connectivity index (χ0v) is 12.6. The normalized spacial score (nSPS) is 14.0. The van der Waals surface area contributed by atoms with E-state index in [0.29, 0.717) is 22.8 Å². The van der Waals surface area contributed by atoms with E-state index in [1.807, 2.05) is 0 Å². The molecule has 0 bridgehead atoms. The van der Waals surface area contributed by atoms with Gasteiger partial charge < -0.3 is 4.90 Å². The van der Waals surface area contributed by atoms with Gasteiger partial charge in [0.15, 0.2) is 0 Å². The van der Waals surface area contributed by atoms with Crippen LogP contribution in [0.2, 0.25) is 5.02 Å². The molecule has 0 fully saturated rings. The average molecular weight is 294 g/mol. The molecular weight excluding hydrogens is 274 g/mol. The maximum atomic E-state index is 12.0. The van der Waals surface area contributed by atoms with E-state index in [9.17, 15) is 9.59 Å². The Labute approximate surface area is 124 Å². The molecule has 1 aliphatic heterocycles. The summed E-state index contributed by atoms with van der Waals surface area (Å²) in [6.07, 6.45) is 6.97. The largest absolute Gasteiger partial charge is 0.305 e. The molecule has 0 atom stereocenters. The summed E-state index contributed by atoms with van der Waals surface area (Å²) in [6, 6.07) is 5.07. The summed E-state index contributed by atoms with van der Waals surface area (Å²) in [6.45, 7) is 2.81. The topological polar surface area (TPSA) is 37.4 Å². The van der Waals surface area contributed by atoms with E-state index in [4.69, 9.17) is 11.6 Å². The van der Waals surface area contributed by atoms with E-state index in [1.54, 1.807) is 23.1 Å². The number of ketones is 1. The van der Waals surface area contributed by atoms with E-state index in [-0.39, 0.29) is 0 Å². The number of hydrogen-bond acceptors (Lipinski definition) is 2. The minimum atomic E-state index is -0.437. The number of carbonyl (C=O) groups excluding carboxylic acids is 2. The monoisotopic (exact) mass is 293 g/mol. The van der Waals surface area contributed by atoms with E-state index in [1.165, 1.54) is 25.7 Å². The van der Waals surface area contributed by atoms with Crippen LogP contribution in [0.1, 0.15) is 55.8 Å². The summed E-state index contributed by atoms with van der Waals surface area (Å²) in [4.78, 5) is 25.4. The summed E-state index contributed by atoms with van der Waals surface area (Å²) < 4.78 is 0. The Bertz CT molecular complexity index is 513. The van der Waals surface area contributed by atoms with Gasteiger partial charge in [0, 0.05) is 11.6 Å². The van der Waals surface area contributed by atoms with Gasteiger partial charge >= 0.3 is 0 Å². The highest BCUT2D eigenvalue weighted by Crippen LogP contribution is 2.31. The van der Waals surface area contributed by atoms with Gasteiger partial charge in [-0.05, 0) is 24.6 Å². The Morgan fingerprint density at radius 1 is 1.05 bits per heavy atom. The molecule has 3 nitrogen and oxygen atoms in total. The van der Waals surface area contributed by atoms with Crippen molar-refractivity contribution in [3.63, 3.8) is 0 Å². The zero-order valence-electron chi connectivity index (χ0n) is 11.8. The highest BCUT2D eigenvalue weighted by molar-refractivity contribution is 6.52. The maximum Gasteiger partial charge on any atom is 0.299 e. The molecule has 0 saturated heterocycles. The Hall–Kier alpha value is -1.35. The summed E-state index contributed by atoms with van der Waals surface area (Å²) >= 11 is 5.88. The van der Waals surface area contributed by atoms with Gasteiger partial charge in [0.2, 0.25) is 0 Å². The predicted octanol–water partition coefficient (Wildman–Crippen LogP) is 4.23. The molecule has 0 N–H and O–H groups in total. The molecule has 20 heavy (non-hydrogen) atoms. The van der Waals surface area contributed by atoms with Crippen LogP contribution in [0.15, 0.2) is 18.2 Å². The van der Waals surface area contributed by atoms with Gasteiger partial charge in [-0.15, -0.1) is 0 Å². The minimum absolute atomic E-state index is 0.421. The molecule has 1 aromatic carbocycles. The molecule has 0 spiro atoms. The van der Waals surface area contributed by atoms with Crippen LogP contribution in [0.3, 0.4) is 0 Å². The quantitative estimate of drug-likeness (QED) is 0.557. The van der Waals surface area contributed by atoms with Gasteiger partial charge in [-0.3, -0.25) is 9.59 Å². The minimum Gasteiger partial charge on any atom is -0.305 e. The lowest BCUT2D eigenvalue weighted by Gasteiger charge is -2.16. The first-order chi connectivity index (χ1) is 9.65. The summed E-state index contributed by atoms with van der Waals surface area (Å²) in [5.74, 6) is -0.857. The molecule has 0 aliphatic carbocycles.